The second-order valence-electron chi connectivity index (χ2n) is 4.75. The van der Waals surface area contributed by atoms with E-state index in [0.717, 1.165) is 6.07 Å². The first-order chi connectivity index (χ1) is 9.72. The maximum Gasteiger partial charge on any atom is 0.337 e. The Morgan fingerprint density at radius 3 is 2.33 bits per heavy atom. The Hall–Kier alpha value is -2.77. The maximum atomic E-state index is 12.1. The second kappa shape index (κ2) is 6.60. The zero-order valence-electron chi connectivity index (χ0n) is 11.6. The van der Waals surface area contributed by atoms with Crippen LogP contribution in [0.3, 0.4) is 0 Å². The molecule has 0 bridgehead atoms. The van der Waals surface area contributed by atoms with Gasteiger partial charge in [0.25, 0.3) is 0 Å². The number of carboxylic acid groups (broad SMARTS) is 1. The summed E-state index contributed by atoms with van der Waals surface area (Å²) >= 11 is 0. The summed E-state index contributed by atoms with van der Waals surface area (Å²) in [6.07, 6.45) is 0. The van der Waals surface area contributed by atoms with Gasteiger partial charge in [-0.2, -0.15) is 0 Å². The molecule has 8 nitrogen and oxygen atoms in total. The summed E-state index contributed by atoms with van der Waals surface area (Å²) in [5.41, 5.74) is 4.76. The highest BCUT2D eigenvalue weighted by Crippen LogP contribution is 2.22. The minimum atomic E-state index is -1.30. The van der Waals surface area contributed by atoms with E-state index in [0.29, 0.717) is 0 Å². The number of rotatable bonds is 5. The van der Waals surface area contributed by atoms with Crippen LogP contribution in [0.5, 0.6) is 5.75 Å². The van der Waals surface area contributed by atoms with Crippen LogP contribution < -0.4 is 16.4 Å². The van der Waals surface area contributed by atoms with Gasteiger partial charge in [-0.05, 0) is 24.1 Å². The van der Waals surface area contributed by atoms with Gasteiger partial charge in [0.2, 0.25) is 5.91 Å². The minimum Gasteiger partial charge on any atom is -0.508 e. The third-order valence-corrected chi connectivity index (χ3v) is 2.74. The van der Waals surface area contributed by atoms with E-state index in [1.54, 1.807) is 13.8 Å². The highest BCUT2D eigenvalue weighted by Gasteiger charge is 2.24. The molecule has 0 saturated heterocycles. The van der Waals surface area contributed by atoms with Crippen LogP contribution in [0.15, 0.2) is 18.2 Å². The Balaban J connectivity index is 3.01. The lowest BCUT2D eigenvalue weighted by atomic mass is 10.0. The number of amides is 3. The quantitative estimate of drug-likeness (QED) is 0.509. The molecule has 1 unspecified atom stereocenters. The summed E-state index contributed by atoms with van der Waals surface area (Å²) in [5.74, 6) is -2.38. The first kappa shape index (κ1) is 16.3. The molecule has 0 radical (unpaired) electrons. The molecule has 0 aliphatic heterocycles. The van der Waals surface area contributed by atoms with Crippen molar-refractivity contribution in [1.82, 2.24) is 5.32 Å². The van der Waals surface area contributed by atoms with Crippen LogP contribution in [0.1, 0.15) is 24.2 Å². The average molecular weight is 295 g/mol. The normalized spacial score (nSPS) is 11.8. The summed E-state index contributed by atoms with van der Waals surface area (Å²) in [4.78, 5) is 34.1. The zero-order valence-corrected chi connectivity index (χ0v) is 11.6. The van der Waals surface area contributed by atoms with E-state index in [2.05, 4.69) is 10.6 Å². The number of aromatic carboxylic acids is 1. The highest BCUT2D eigenvalue weighted by molar-refractivity contribution is 6.03. The molecule has 0 saturated carbocycles. The maximum absolute atomic E-state index is 12.1. The molecule has 1 rings (SSSR count). The van der Waals surface area contributed by atoms with Crippen molar-refractivity contribution < 1.29 is 24.6 Å². The van der Waals surface area contributed by atoms with Gasteiger partial charge in [0.05, 0.1) is 11.3 Å². The molecule has 1 aromatic carbocycles. The van der Waals surface area contributed by atoms with E-state index in [-0.39, 0.29) is 22.9 Å². The van der Waals surface area contributed by atoms with Crippen LogP contribution in [0.25, 0.3) is 0 Å². The van der Waals surface area contributed by atoms with Crippen LogP contribution in [0, 0.1) is 5.92 Å². The summed E-state index contributed by atoms with van der Waals surface area (Å²) in [6.45, 7) is 3.41. The van der Waals surface area contributed by atoms with Gasteiger partial charge < -0.3 is 26.6 Å². The van der Waals surface area contributed by atoms with Crippen LogP contribution >= 0.6 is 0 Å². The number of hydrogen-bond acceptors (Lipinski definition) is 4. The molecule has 114 valence electrons. The van der Waals surface area contributed by atoms with E-state index < -0.39 is 23.9 Å². The predicted octanol–water partition coefficient (Wildman–Crippen LogP) is 0.722. The van der Waals surface area contributed by atoms with Crippen molar-refractivity contribution in [2.75, 3.05) is 5.32 Å². The van der Waals surface area contributed by atoms with E-state index in [1.807, 2.05) is 0 Å². The molecular formula is C13H17N3O5. The molecule has 6 N–H and O–H groups in total. The van der Waals surface area contributed by atoms with Crippen molar-refractivity contribution in [2.45, 2.75) is 19.9 Å². The molecule has 1 aromatic rings. The standard InChI is InChI=1S/C13H17N3O5/c1-6(2)10(16-13(14)21)11(18)15-9-4-3-7(17)5-8(9)12(19)20/h3-6,10,17H,1-2H3,(H,15,18)(H,19,20)(H3,14,16,21). The number of nitrogens with two attached hydrogens (primary N) is 1. The van der Waals surface area contributed by atoms with Crippen LogP contribution in [0.4, 0.5) is 10.5 Å². The summed E-state index contributed by atoms with van der Waals surface area (Å²) < 4.78 is 0. The predicted molar refractivity (Wildman–Crippen MR) is 75.0 cm³/mol. The Kier molecular flexibility index (Phi) is 5.12. The van der Waals surface area contributed by atoms with Gasteiger partial charge in [0, 0.05) is 0 Å². The molecule has 0 fully saturated rings. The monoisotopic (exact) mass is 295 g/mol. The lowest BCUT2D eigenvalue weighted by Crippen LogP contribution is -2.49. The number of carbonyl (C=O) groups excluding carboxylic acids is 2. The largest absolute Gasteiger partial charge is 0.508 e. The van der Waals surface area contributed by atoms with E-state index in [4.69, 9.17) is 10.8 Å². The van der Waals surface area contributed by atoms with Crippen molar-refractivity contribution >= 4 is 23.6 Å². The van der Waals surface area contributed by atoms with Gasteiger partial charge in [-0.25, -0.2) is 9.59 Å². The SMILES string of the molecule is CC(C)C(NC(N)=O)C(=O)Nc1ccc(O)cc1C(=O)O. The van der Waals surface area contributed by atoms with Crippen molar-refractivity contribution in [3.8, 4) is 5.75 Å². The van der Waals surface area contributed by atoms with Crippen LogP contribution in [-0.4, -0.2) is 34.2 Å². The van der Waals surface area contributed by atoms with Gasteiger partial charge >= 0.3 is 12.0 Å². The third kappa shape index (κ3) is 4.37. The van der Waals surface area contributed by atoms with Gasteiger partial charge in [0.15, 0.2) is 0 Å². The van der Waals surface area contributed by atoms with Crippen molar-refractivity contribution in [1.29, 1.82) is 0 Å². The topological polar surface area (TPSA) is 142 Å². The fourth-order valence-corrected chi connectivity index (χ4v) is 1.72. The van der Waals surface area contributed by atoms with Gasteiger partial charge in [-0.15, -0.1) is 0 Å². The highest BCUT2D eigenvalue weighted by atomic mass is 16.4. The molecule has 0 aliphatic carbocycles. The number of anilines is 1. The fourth-order valence-electron chi connectivity index (χ4n) is 1.72. The first-order valence-electron chi connectivity index (χ1n) is 6.15. The Morgan fingerprint density at radius 2 is 1.86 bits per heavy atom. The molecule has 0 aliphatic rings. The molecule has 8 heteroatoms. The average Bonchev–Trinajstić information content (AvgIpc) is 2.37. The van der Waals surface area contributed by atoms with Gasteiger partial charge in [0.1, 0.15) is 11.8 Å². The molecule has 0 aromatic heterocycles. The summed E-state index contributed by atoms with van der Waals surface area (Å²) in [7, 11) is 0. The van der Waals surface area contributed by atoms with Crippen LogP contribution in [0.2, 0.25) is 0 Å². The van der Waals surface area contributed by atoms with E-state index in [1.165, 1.54) is 12.1 Å². The molecule has 0 spiro atoms. The van der Waals surface area contributed by atoms with Crippen LogP contribution in [-0.2, 0) is 4.79 Å². The number of benzene rings is 1. The van der Waals surface area contributed by atoms with Crippen molar-refractivity contribution in [3.63, 3.8) is 0 Å². The number of nitrogens with one attached hydrogen (secondary N) is 2. The third-order valence-electron chi connectivity index (χ3n) is 2.74. The molecule has 1 atom stereocenters. The van der Waals surface area contributed by atoms with E-state index in [9.17, 15) is 19.5 Å². The smallest absolute Gasteiger partial charge is 0.337 e. The Morgan fingerprint density at radius 1 is 1.24 bits per heavy atom. The first-order valence-corrected chi connectivity index (χ1v) is 6.15. The Labute approximate surface area is 120 Å². The van der Waals surface area contributed by atoms with Crippen molar-refractivity contribution in [3.05, 3.63) is 23.8 Å². The number of carbonyl (C=O) groups is 3. The van der Waals surface area contributed by atoms with Crippen molar-refractivity contribution in [2.24, 2.45) is 11.7 Å². The summed E-state index contributed by atoms with van der Waals surface area (Å²) in [5, 5.41) is 23.0. The zero-order chi connectivity index (χ0) is 16.2. The summed E-state index contributed by atoms with van der Waals surface area (Å²) in [6, 6.07) is 1.77. The molecular weight excluding hydrogens is 278 g/mol. The van der Waals surface area contributed by atoms with Gasteiger partial charge in [-0.3, -0.25) is 4.79 Å². The van der Waals surface area contributed by atoms with Gasteiger partial charge in [-0.1, -0.05) is 13.8 Å². The number of hydrogen-bond donors (Lipinski definition) is 5. The number of aromatic hydroxyl groups is 1. The molecule has 0 heterocycles. The molecule has 3 amide bonds. The number of primary amides is 1. The number of phenols is 1. The number of carboxylic acids is 1. The number of urea groups is 1. The lowest BCUT2D eigenvalue weighted by molar-refractivity contribution is -0.118. The molecule has 21 heavy (non-hydrogen) atoms. The minimum absolute atomic E-state index is 0.0159. The van der Waals surface area contributed by atoms with E-state index >= 15 is 0 Å². The number of phenolic OH excluding ortho intramolecular Hbond substituents is 1. The fraction of sp³-hybridized carbons (Fsp3) is 0.308. The Bertz CT molecular complexity index is 571. The second-order valence-corrected chi connectivity index (χ2v) is 4.75. The lowest BCUT2D eigenvalue weighted by Gasteiger charge is -2.21.